The first-order valence-electron chi connectivity index (χ1n) is 9.15. The molecule has 29 heavy (non-hydrogen) atoms. The van der Waals surface area contributed by atoms with Crippen LogP contribution in [-0.4, -0.2) is 35.1 Å². The second kappa shape index (κ2) is 11.7. The van der Waals surface area contributed by atoms with Gasteiger partial charge in [-0.2, -0.15) is 0 Å². The summed E-state index contributed by atoms with van der Waals surface area (Å²) >= 11 is 19.8. The monoisotopic (exact) mass is 472 g/mol. The first kappa shape index (κ1) is 23.9. The van der Waals surface area contributed by atoms with E-state index in [1.165, 1.54) is 11.8 Å². The molecule has 0 aliphatic carbocycles. The quantitative estimate of drug-likeness (QED) is 0.528. The van der Waals surface area contributed by atoms with E-state index < -0.39 is 6.04 Å². The fourth-order valence-corrected chi connectivity index (χ4v) is 4.35. The maximum Gasteiger partial charge on any atom is 0.242 e. The number of thioether (sulfide) groups is 1. The van der Waals surface area contributed by atoms with Crippen LogP contribution in [0, 0.1) is 0 Å². The van der Waals surface area contributed by atoms with Crippen molar-refractivity contribution < 1.29 is 9.59 Å². The van der Waals surface area contributed by atoms with Gasteiger partial charge in [-0.15, -0.1) is 11.8 Å². The van der Waals surface area contributed by atoms with E-state index >= 15 is 0 Å². The van der Waals surface area contributed by atoms with E-state index in [1.54, 1.807) is 30.0 Å². The maximum absolute atomic E-state index is 13.0. The van der Waals surface area contributed by atoms with Crippen molar-refractivity contribution in [1.29, 1.82) is 0 Å². The van der Waals surface area contributed by atoms with E-state index in [2.05, 4.69) is 5.32 Å². The SMILES string of the molecule is CCNC(=O)C(C)N(Cc1ccccc1Cl)C(=O)CSCc1ccc(Cl)cc1Cl. The van der Waals surface area contributed by atoms with Crippen molar-refractivity contribution in [2.24, 2.45) is 0 Å². The third-order valence-corrected chi connectivity index (χ3v) is 6.24. The summed E-state index contributed by atoms with van der Waals surface area (Å²) in [6.45, 7) is 4.33. The molecule has 0 aromatic heterocycles. The van der Waals surface area contributed by atoms with Crippen LogP contribution >= 0.6 is 46.6 Å². The van der Waals surface area contributed by atoms with Crippen molar-refractivity contribution in [2.75, 3.05) is 12.3 Å². The minimum Gasteiger partial charge on any atom is -0.355 e. The Kier molecular flexibility index (Phi) is 9.63. The number of amides is 2. The van der Waals surface area contributed by atoms with E-state index in [-0.39, 0.29) is 24.1 Å². The smallest absolute Gasteiger partial charge is 0.242 e. The highest BCUT2D eigenvalue weighted by molar-refractivity contribution is 7.99. The number of benzene rings is 2. The van der Waals surface area contributed by atoms with Crippen LogP contribution in [0.25, 0.3) is 0 Å². The molecule has 8 heteroatoms. The summed E-state index contributed by atoms with van der Waals surface area (Å²) < 4.78 is 0. The van der Waals surface area contributed by atoms with E-state index in [4.69, 9.17) is 34.8 Å². The van der Waals surface area contributed by atoms with Gasteiger partial charge in [0.15, 0.2) is 0 Å². The number of nitrogens with zero attached hydrogens (tertiary/aromatic N) is 1. The number of carbonyl (C=O) groups is 2. The second-order valence-electron chi connectivity index (χ2n) is 6.41. The van der Waals surface area contributed by atoms with Crippen molar-refractivity contribution in [1.82, 2.24) is 10.2 Å². The molecule has 0 fully saturated rings. The number of halogens is 3. The van der Waals surface area contributed by atoms with Crippen molar-refractivity contribution in [3.05, 3.63) is 68.7 Å². The summed E-state index contributed by atoms with van der Waals surface area (Å²) in [5, 5.41) is 4.48. The molecule has 0 bridgehead atoms. The minimum atomic E-state index is -0.613. The average molecular weight is 474 g/mol. The van der Waals surface area contributed by atoms with Gasteiger partial charge in [-0.3, -0.25) is 9.59 Å². The minimum absolute atomic E-state index is 0.140. The number of hydrogen-bond donors (Lipinski definition) is 1. The summed E-state index contributed by atoms with van der Waals surface area (Å²) in [7, 11) is 0. The standard InChI is InChI=1S/C21H23Cl3N2O2S/c1-3-25-21(28)14(2)26(11-15-6-4-5-7-18(15)23)20(27)13-29-12-16-8-9-17(22)10-19(16)24/h4-10,14H,3,11-13H2,1-2H3,(H,25,28). The molecule has 2 rings (SSSR count). The Labute approximate surface area is 190 Å². The molecule has 0 saturated heterocycles. The Hall–Kier alpha value is -1.40. The largest absolute Gasteiger partial charge is 0.355 e. The lowest BCUT2D eigenvalue weighted by molar-refractivity contribution is -0.138. The predicted molar refractivity (Wildman–Crippen MR) is 123 cm³/mol. The van der Waals surface area contributed by atoms with Crippen molar-refractivity contribution in [3.63, 3.8) is 0 Å². The van der Waals surface area contributed by atoms with E-state index in [0.29, 0.717) is 27.4 Å². The Morgan fingerprint density at radius 2 is 1.79 bits per heavy atom. The average Bonchev–Trinajstić information content (AvgIpc) is 2.68. The van der Waals surface area contributed by atoms with Gasteiger partial charge in [0.05, 0.1) is 5.75 Å². The number of nitrogens with one attached hydrogen (secondary N) is 1. The zero-order chi connectivity index (χ0) is 21.4. The van der Waals surface area contributed by atoms with Gasteiger partial charge in [0.1, 0.15) is 6.04 Å². The van der Waals surface area contributed by atoms with Gasteiger partial charge in [0.2, 0.25) is 11.8 Å². The molecule has 4 nitrogen and oxygen atoms in total. The Balaban J connectivity index is 2.08. The predicted octanol–water partition coefficient (Wildman–Crippen LogP) is 5.43. The first-order valence-corrected chi connectivity index (χ1v) is 11.4. The topological polar surface area (TPSA) is 49.4 Å². The molecule has 2 amide bonds. The third-order valence-electron chi connectivity index (χ3n) is 4.32. The van der Waals surface area contributed by atoms with Crippen LogP contribution in [0.5, 0.6) is 0 Å². The zero-order valence-electron chi connectivity index (χ0n) is 16.3. The molecular formula is C21H23Cl3N2O2S. The lowest BCUT2D eigenvalue weighted by atomic mass is 10.1. The summed E-state index contributed by atoms with van der Waals surface area (Å²) in [4.78, 5) is 26.9. The molecule has 0 aliphatic heterocycles. The summed E-state index contributed by atoms with van der Waals surface area (Å²) in [5.74, 6) is 0.446. The number of carbonyl (C=O) groups excluding carboxylic acids is 2. The number of rotatable bonds is 9. The molecule has 0 heterocycles. The van der Waals surface area contributed by atoms with Crippen LogP contribution in [0.3, 0.4) is 0 Å². The third kappa shape index (κ3) is 7.10. The highest BCUT2D eigenvalue weighted by Gasteiger charge is 2.26. The molecule has 156 valence electrons. The van der Waals surface area contributed by atoms with Gasteiger partial charge >= 0.3 is 0 Å². The van der Waals surface area contributed by atoms with Crippen molar-refractivity contribution in [3.8, 4) is 0 Å². The summed E-state index contributed by atoms with van der Waals surface area (Å²) in [6.07, 6.45) is 0. The molecule has 0 spiro atoms. The van der Waals surface area contributed by atoms with Crippen LogP contribution in [-0.2, 0) is 21.9 Å². The van der Waals surface area contributed by atoms with Gasteiger partial charge in [0.25, 0.3) is 0 Å². The molecule has 2 aromatic carbocycles. The van der Waals surface area contributed by atoms with Crippen LogP contribution in [0.2, 0.25) is 15.1 Å². The molecule has 1 N–H and O–H groups in total. The molecule has 0 saturated carbocycles. The Bertz CT molecular complexity index is 864. The molecular weight excluding hydrogens is 451 g/mol. The summed E-state index contributed by atoms with van der Waals surface area (Å²) in [6, 6.07) is 12.0. The lowest BCUT2D eigenvalue weighted by Gasteiger charge is -2.29. The van der Waals surface area contributed by atoms with Gasteiger partial charge in [0, 0.05) is 33.9 Å². The van der Waals surface area contributed by atoms with E-state index in [1.807, 2.05) is 31.2 Å². The molecule has 1 atom stereocenters. The van der Waals surface area contributed by atoms with Gasteiger partial charge in [-0.25, -0.2) is 0 Å². The van der Waals surface area contributed by atoms with Crippen LogP contribution in [0.4, 0.5) is 0 Å². The lowest BCUT2D eigenvalue weighted by Crippen LogP contribution is -2.48. The molecule has 0 radical (unpaired) electrons. The van der Waals surface area contributed by atoms with Crippen LogP contribution in [0.1, 0.15) is 25.0 Å². The zero-order valence-corrected chi connectivity index (χ0v) is 19.3. The number of hydrogen-bond acceptors (Lipinski definition) is 3. The Morgan fingerprint density at radius 3 is 2.45 bits per heavy atom. The fraction of sp³-hybridized carbons (Fsp3) is 0.333. The van der Waals surface area contributed by atoms with Crippen molar-refractivity contribution in [2.45, 2.75) is 32.2 Å². The van der Waals surface area contributed by atoms with E-state index in [9.17, 15) is 9.59 Å². The van der Waals surface area contributed by atoms with Crippen molar-refractivity contribution >= 4 is 58.4 Å². The maximum atomic E-state index is 13.0. The molecule has 0 aliphatic rings. The molecule has 2 aromatic rings. The highest BCUT2D eigenvalue weighted by Crippen LogP contribution is 2.25. The highest BCUT2D eigenvalue weighted by atomic mass is 35.5. The number of likely N-dealkylation sites (N-methyl/N-ethyl adjacent to an activating group) is 1. The van der Waals surface area contributed by atoms with E-state index in [0.717, 1.165) is 11.1 Å². The van der Waals surface area contributed by atoms with Gasteiger partial charge < -0.3 is 10.2 Å². The fourth-order valence-electron chi connectivity index (χ4n) is 2.68. The van der Waals surface area contributed by atoms with Crippen LogP contribution in [0.15, 0.2) is 42.5 Å². The Morgan fingerprint density at radius 1 is 1.07 bits per heavy atom. The normalized spacial score (nSPS) is 11.8. The second-order valence-corrected chi connectivity index (χ2v) is 8.65. The van der Waals surface area contributed by atoms with Crippen LogP contribution < -0.4 is 5.32 Å². The summed E-state index contributed by atoms with van der Waals surface area (Å²) in [5.41, 5.74) is 1.70. The first-order chi connectivity index (χ1) is 13.8. The van der Waals surface area contributed by atoms with Gasteiger partial charge in [-0.05, 0) is 43.2 Å². The van der Waals surface area contributed by atoms with Gasteiger partial charge in [-0.1, -0.05) is 59.1 Å². The molecule has 1 unspecified atom stereocenters.